The largest absolute Gasteiger partial charge is 0.496 e. The van der Waals surface area contributed by atoms with Crippen LogP contribution in [0.4, 0.5) is 4.79 Å². The minimum atomic E-state index is -0.241. The van der Waals surface area contributed by atoms with Crippen LogP contribution in [0.1, 0.15) is 56.6 Å². The number of rotatable bonds is 6. The van der Waals surface area contributed by atoms with E-state index in [-0.39, 0.29) is 6.09 Å². The van der Waals surface area contributed by atoms with Crippen molar-refractivity contribution in [3.05, 3.63) is 36.0 Å². The lowest BCUT2D eigenvalue weighted by molar-refractivity contribution is -0.00471. The van der Waals surface area contributed by atoms with Gasteiger partial charge in [0.15, 0.2) is 0 Å². The van der Waals surface area contributed by atoms with Crippen molar-refractivity contribution in [3.8, 4) is 17.0 Å². The van der Waals surface area contributed by atoms with Crippen LogP contribution in [0.15, 0.2) is 30.3 Å². The normalized spacial score (nSPS) is 27.3. The van der Waals surface area contributed by atoms with Gasteiger partial charge in [0, 0.05) is 42.9 Å². The van der Waals surface area contributed by atoms with Crippen LogP contribution < -0.4 is 10.1 Å². The summed E-state index contributed by atoms with van der Waals surface area (Å²) in [7, 11) is 3.75. The Hall–Kier alpha value is -2.54. The molecule has 7 nitrogen and oxygen atoms in total. The van der Waals surface area contributed by atoms with E-state index < -0.39 is 0 Å². The lowest BCUT2D eigenvalue weighted by Gasteiger charge is -2.49. The summed E-state index contributed by atoms with van der Waals surface area (Å²) in [5.41, 5.74) is 3.26. The number of hydrogen-bond acceptors (Lipinski definition) is 5. The SMILES string of the molecule is COc1ccccc1-c1cc([C@@H]2CN3CC[C@H]2C[C@@H]3COC(=O)NC2CCCCC2)n(C)n1. The molecule has 7 heteroatoms. The Morgan fingerprint density at radius 3 is 2.76 bits per heavy atom. The van der Waals surface area contributed by atoms with Gasteiger partial charge in [-0.15, -0.1) is 0 Å². The first-order valence-corrected chi connectivity index (χ1v) is 12.5. The Morgan fingerprint density at radius 1 is 1.18 bits per heavy atom. The fourth-order valence-corrected chi connectivity index (χ4v) is 6.09. The fourth-order valence-electron chi connectivity index (χ4n) is 6.09. The predicted octanol–water partition coefficient (Wildman–Crippen LogP) is 4.33. The second kappa shape index (κ2) is 9.75. The van der Waals surface area contributed by atoms with Gasteiger partial charge in [0.2, 0.25) is 0 Å². The predicted molar refractivity (Wildman–Crippen MR) is 127 cm³/mol. The smallest absolute Gasteiger partial charge is 0.407 e. The van der Waals surface area contributed by atoms with Crippen LogP contribution in [0.25, 0.3) is 11.3 Å². The number of hydrogen-bond donors (Lipinski definition) is 1. The van der Waals surface area contributed by atoms with E-state index in [1.165, 1.54) is 31.4 Å². The third kappa shape index (κ3) is 4.74. The summed E-state index contributed by atoms with van der Waals surface area (Å²) in [6.45, 7) is 2.56. The molecule has 2 bridgehead atoms. The zero-order valence-corrected chi connectivity index (χ0v) is 19.8. The highest BCUT2D eigenvalue weighted by molar-refractivity contribution is 5.68. The molecule has 1 N–H and O–H groups in total. The molecule has 178 valence electrons. The van der Waals surface area contributed by atoms with Gasteiger partial charge in [0.05, 0.1) is 12.8 Å². The molecule has 33 heavy (non-hydrogen) atoms. The molecule has 1 amide bonds. The van der Waals surface area contributed by atoms with Gasteiger partial charge in [-0.3, -0.25) is 9.58 Å². The van der Waals surface area contributed by atoms with Gasteiger partial charge >= 0.3 is 6.09 Å². The number of piperidine rings is 3. The van der Waals surface area contributed by atoms with Crippen LogP contribution in [-0.4, -0.2) is 59.7 Å². The zero-order chi connectivity index (χ0) is 22.8. The van der Waals surface area contributed by atoms with Gasteiger partial charge in [0.1, 0.15) is 12.4 Å². The molecule has 0 spiro atoms. The number of nitrogens with one attached hydrogen (secondary N) is 1. The van der Waals surface area contributed by atoms with Gasteiger partial charge in [-0.25, -0.2) is 4.79 Å². The number of methoxy groups -OCH3 is 1. The molecule has 2 aromatic rings. The molecule has 1 aromatic heterocycles. The number of para-hydroxylation sites is 1. The molecule has 4 heterocycles. The molecular weight excluding hydrogens is 416 g/mol. The van der Waals surface area contributed by atoms with Gasteiger partial charge in [0.25, 0.3) is 0 Å². The quantitative estimate of drug-likeness (QED) is 0.706. The van der Waals surface area contributed by atoms with E-state index in [2.05, 4.69) is 22.3 Å². The number of aromatic nitrogens is 2. The van der Waals surface area contributed by atoms with E-state index in [1.54, 1.807) is 7.11 Å². The molecule has 0 radical (unpaired) electrons. The zero-order valence-electron chi connectivity index (χ0n) is 19.8. The monoisotopic (exact) mass is 452 g/mol. The number of alkyl carbamates (subject to hydrolysis) is 1. The van der Waals surface area contributed by atoms with Crippen LogP contribution >= 0.6 is 0 Å². The number of benzene rings is 1. The number of amides is 1. The maximum atomic E-state index is 12.3. The maximum Gasteiger partial charge on any atom is 0.407 e. The maximum absolute atomic E-state index is 12.3. The van der Waals surface area contributed by atoms with Gasteiger partial charge in [-0.2, -0.15) is 5.10 Å². The van der Waals surface area contributed by atoms with Crippen LogP contribution in [0.3, 0.4) is 0 Å². The second-order valence-corrected chi connectivity index (χ2v) is 9.90. The summed E-state index contributed by atoms with van der Waals surface area (Å²) in [6, 6.07) is 10.9. The molecule has 4 atom stereocenters. The second-order valence-electron chi connectivity index (χ2n) is 9.90. The number of carbonyl (C=O) groups is 1. The summed E-state index contributed by atoms with van der Waals surface area (Å²) in [6.07, 6.45) is 7.86. The Bertz CT molecular complexity index is 968. The molecule has 3 saturated heterocycles. The lowest BCUT2D eigenvalue weighted by Crippen LogP contribution is -2.54. The number of ether oxygens (including phenoxy) is 2. The van der Waals surface area contributed by atoms with E-state index in [4.69, 9.17) is 14.6 Å². The first-order valence-electron chi connectivity index (χ1n) is 12.5. The van der Waals surface area contributed by atoms with E-state index in [9.17, 15) is 4.79 Å². The number of fused-ring (bicyclic) bond motifs is 3. The number of aryl methyl sites for hydroxylation is 1. The highest BCUT2D eigenvalue weighted by Crippen LogP contribution is 2.43. The minimum absolute atomic E-state index is 0.241. The Morgan fingerprint density at radius 2 is 2.00 bits per heavy atom. The van der Waals surface area contributed by atoms with Crippen molar-refractivity contribution in [3.63, 3.8) is 0 Å². The third-order valence-corrected chi connectivity index (χ3v) is 7.89. The van der Waals surface area contributed by atoms with E-state index in [0.29, 0.717) is 30.5 Å². The minimum Gasteiger partial charge on any atom is -0.496 e. The summed E-state index contributed by atoms with van der Waals surface area (Å²) in [4.78, 5) is 14.8. The Kier molecular flexibility index (Phi) is 6.58. The standard InChI is InChI=1S/C26H36N4O3/c1-29-24(15-23(28-29)21-10-6-7-11-25(21)32-2)22-16-30-13-12-18(22)14-20(30)17-33-26(31)27-19-8-4-3-5-9-19/h6-7,10-11,15,18-20,22H,3-5,8-9,12-14,16-17H2,1-2H3,(H,27,31)/t18-,20+,22+/m0/s1. The summed E-state index contributed by atoms with van der Waals surface area (Å²) < 4.78 is 13.3. The van der Waals surface area contributed by atoms with E-state index >= 15 is 0 Å². The van der Waals surface area contributed by atoms with Crippen molar-refractivity contribution >= 4 is 6.09 Å². The Balaban J connectivity index is 1.21. The van der Waals surface area contributed by atoms with Crippen LogP contribution in [-0.2, 0) is 11.8 Å². The molecule has 1 unspecified atom stereocenters. The average molecular weight is 453 g/mol. The van der Waals surface area contributed by atoms with Crippen molar-refractivity contribution in [1.29, 1.82) is 0 Å². The topological polar surface area (TPSA) is 68.6 Å². The molecule has 4 fully saturated rings. The third-order valence-electron chi connectivity index (χ3n) is 7.89. The van der Waals surface area contributed by atoms with Gasteiger partial charge < -0.3 is 14.8 Å². The Labute approximate surface area is 196 Å². The van der Waals surface area contributed by atoms with Crippen molar-refractivity contribution < 1.29 is 14.3 Å². The van der Waals surface area contributed by atoms with Crippen LogP contribution in [0, 0.1) is 5.92 Å². The van der Waals surface area contributed by atoms with Crippen molar-refractivity contribution in [2.45, 2.75) is 62.9 Å². The molecule has 6 rings (SSSR count). The van der Waals surface area contributed by atoms with Crippen molar-refractivity contribution in [2.75, 3.05) is 26.8 Å². The first-order chi connectivity index (χ1) is 16.1. The summed E-state index contributed by atoms with van der Waals surface area (Å²) in [5, 5.41) is 7.89. The highest BCUT2D eigenvalue weighted by atomic mass is 16.5. The first kappa shape index (κ1) is 22.3. The number of carbonyl (C=O) groups excluding carboxylic acids is 1. The lowest BCUT2D eigenvalue weighted by atomic mass is 9.74. The molecule has 4 aliphatic rings. The van der Waals surface area contributed by atoms with Crippen molar-refractivity contribution in [1.82, 2.24) is 20.0 Å². The summed E-state index contributed by atoms with van der Waals surface area (Å²) in [5.74, 6) is 1.89. The van der Waals surface area contributed by atoms with Gasteiger partial charge in [-0.1, -0.05) is 31.4 Å². The number of nitrogens with zero attached hydrogens (tertiary/aromatic N) is 3. The average Bonchev–Trinajstić information content (AvgIpc) is 3.25. The highest BCUT2D eigenvalue weighted by Gasteiger charge is 2.42. The molecule has 1 saturated carbocycles. The fraction of sp³-hybridized carbons (Fsp3) is 0.615. The van der Waals surface area contributed by atoms with E-state index in [0.717, 1.165) is 49.4 Å². The molecular formula is C26H36N4O3. The van der Waals surface area contributed by atoms with Crippen LogP contribution in [0.2, 0.25) is 0 Å². The van der Waals surface area contributed by atoms with E-state index in [1.807, 2.05) is 29.9 Å². The van der Waals surface area contributed by atoms with Gasteiger partial charge in [-0.05, 0) is 56.3 Å². The molecule has 1 aliphatic carbocycles. The molecule has 3 aliphatic heterocycles. The van der Waals surface area contributed by atoms with Crippen molar-refractivity contribution in [2.24, 2.45) is 13.0 Å². The molecule has 1 aromatic carbocycles. The summed E-state index contributed by atoms with van der Waals surface area (Å²) >= 11 is 0. The van der Waals surface area contributed by atoms with Crippen LogP contribution in [0.5, 0.6) is 5.75 Å².